The first-order valence-corrected chi connectivity index (χ1v) is 22.3. The molecule has 12 rings (SSSR count). The average Bonchev–Trinajstić information content (AvgIpc) is 3.83. The predicted molar refractivity (Wildman–Crippen MR) is 270 cm³/mol. The number of anilines is 6. The Balaban J connectivity index is 1.09. The lowest BCUT2D eigenvalue weighted by Gasteiger charge is -2.33. The van der Waals surface area contributed by atoms with Crippen LogP contribution in [0.25, 0.3) is 43.8 Å². The quantitative estimate of drug-likeness (QED) is 0.152. The molecule has 0 radical (unpaired) electrons. The molecular formula is C61H46N2O2. The molecule has 312 valence electrons. The van der Waals surface area contributed by atoms with E-state index in [0.717, 1.165) is 45.6 Å². The Hall–Kier alpha value is -8.08. The van der Waals surface area contributed by atoms with Crippen LogP contribution in [0, 0.1) is 13.8 Å². The van der Waals surface area contributed by atoms with Gasteiger partial charge in [0.1, 0.15) is 11.5 Å². The standard InChI is InChI=1S/C61H46N2O2/c1-39-13-19-43(20-14-39)62(44-21-15-40(2)16-22-44)47-27-35-51-41(37-47)17-33-55-56-34-18-42-38-48(63(45-23-29-49(64-3)30-24-45)46-25-31-50(65-4)32-26-46)28-36-52(42)60(56)61(59(51)55)57-11-7-5-9-53(57)54-10-6-8-12-58(54)61/h5-38H,1-4H3. The van der Waals surface area contributed by atoms with Crippen molar-refractivity contribution in [1.29, 1.82) is 0 Å². The third-order valence-electron chi connectivity index (χ3n) is 13.8. The number of hydrogen-bond donors (Lipinski definition) is 0. The summed E-state index contributed by atoms with van der Waals surface area (Å²) >= 11 is 0. The lowest BCUT2D eigenvalue weighted by Crippen LogP contribution is -2.26. The zero-order valence-corrected chi connectivity index (χ0v) is 36.8. The van der Waals surface area contributed by atoms with Crippen LogP contribution in [0.5, 0.6) is 11.5 Å². The van der Waals surface area contributed by atoms with E-state index in [0.29, 0.717) is 0 Å². The zero-order chi connectivity index (χ0) is 43.8. The van der Waals surface area contributed by atoms with Crippen LogP contribution < -0.4 is 19.3 Å². The number of nitrogens with zero attached hydrogens (tertiary/aromatic N) is 2. The Kier molecular flexibility index (Phi) is 8.92. The molecule has 0 heterocycles. The lowest BCUT2D eigenvalue weighted by atomic mass is 9.68. The summed E-state index contributed by atoms with van der Waals surface area (Å²) < 4.78 is 11.1. The van der Waals surface area contributed by atoms with Gasteiger partial charge in [0.25, 0.3) is 0 Å². The van der Waals surface area contributed by atoms with Crippen LogP contribution in [0.1, 0.15) is 33.4 Å². The molecule has 0 bridgehead atoms. The number of aryl methyl sites for hydroxylation is 2. The van der Waals surface area contributed by atoms with Gasteiger partial charge in [-0.2, -0.15) is 0 Å². The highest BCUT2D eigenvalue weighted by Crippen LogP contribution is 2.65. The fraction of sp³-hybridized carbons (Fsp3) is 0.0820. The highest BCUT2D eigenvalue weighted by Gasteiger charge is 2.53. The monoisotopic (exact) mass is 838 g/mol. The predicted octanol–water partition coefficient (Wildman–Crippen LogP) is 15.9. The Labute approximate surface area is 380 Å². The smallest absolute Gasteiger partial charge is 0.119 e. The zero-order valence-electron chi connectivity index (χ0n) is 36.8. The second-order valence-corrected chi connectivity index (χ2v) is 17.4. The first-order chi connectivity index (χ1) is 31.9. The van der Waals surface area contributed by atoms with Crippen molar-refractivity contribution in [3.05, 3.63) is 240 Å². The van der Waals surface area contributed by atoms with E-state index in [1.165, 1.54) is 77.2 Å². The van der Waals surface area contributed by atoms with E-state index in [9.17, 15) is 0 Å². The van der Waals surface area contributed by atoms with E-state index in [1.807, 2.05) is 24.3 Å². The summed E-state index contributed by atoms with van der Waals surface area (Å²) in [5, 5.41) is 4.89. The van der Waals surface area contributed by atoms with Gasteiger partial charge in [-0.25, -0.2) is 0 Å². The van der Waals surface area contributed by atoms with Gasteiger partial charge in [-0.05, 0) is 177 Å². The normalized spacial score (nSPS) is 12.7. The van der Waals surface area contributed by atoms with Crippen molar-refractivity contribution in [2.45, 2.75) is 19.3 Å². The van der Waals surface area contributed by atoms with E-state index < -0.39 is 5.41 Å². The van der Waals surface area contributed by atoms with Gasteiger partial charge in [-0.1, -0.05) is 120 Å². The number of rotatable bonds is 8. The van der Waals surface area contributed by atoms with Crippen molar-refractivity contribution >= 4 is 55.7 Å². The molecule has 10 aromatic rings. The van der Waals surface area contributed by atoms with Gasteiger partial charge < -0.3 is 19.3 Å². The topological polar surface area (TPSA) is 24.9 Å². The van der Waals surface area contributed by atoms with Crippen LogP contribution in [-0.2, 0) is 5.41 Å². The lowest BCUT2D eigenvalue weighted by molar-refractivity contribution is 0.415. The van der Waals surface area contributed by atoms with Crippen molar-refractivity contribution in [3.63, 3.8) is 0 Å². The number of hydrogen-bond acceptors (Lipinski definition) is 4. The van der Waals surface area contributed by atoms with E-state index in [-0.39, 0.29) is 0 Å². The summed E-state index contributed by atoms with van der Waals surface area (Å²) in [5.74, 6) is 1.64. The minimum atomic E-state index is -0.556. The largest absolute Gasteiger partial charge is 0.497 e. The van der Waals surface area contributed by atoms with Gasteiger partial charge >= 0.3 is 0 Å². The SMILES string of the molecule is COc1ccc(N(c2ccc(OC)cc2)c2ccc3c4c(ccc3c2)-c2ccc3cc(N(c5ccc(C)cc5)c5ccc(C)cc5)ccc3c2C42c3ccccc3-c3ccccc32)cc1. The van der Waals surface area contributed by atoms with Crippen LogP contribution in [0.3, 0.4) is 0 Å². The summed E-state index contributed by atoms with van der Waals surface area (Å²) in [6, 6.07) is 76.0. The van der Waals surface area contributed by atoms with Gasteiger partial charge in [-0.15, -0.1) is 0 Å². The first-order valence-electron chi connectivity index (χ1n) is 22.3. The van der Waals surface area contributed by atoms with E-state index in [1.54, 1.807) is 14.2 Å². The molecule has 0 fully saturated rings. The second-order valence-electron chi connectivity index (χ2n) is 17.4. The molecule has 10 aromatic carbocycles. The molecule has 2 aliphatic carbocycles. The van der Waals surface area contributed by atoms with Gasteiger partial charge in [0, 0.05) is 34.1 Å². The van der Waals surface area contributed by atoms with E-state index >= 15 is 0 Å². The molecule has 0 saturated carbocycles. The Morgan fingerprint density at radius 2 is 0.692 bits per heavy atom. The molecule has 0 aliphatic heterocycles. The Morgan fingerprint density at radius 3 is 1.08 bits per heavy atom. The molecule has 0 N–H and O–H groups in total. The van der Waals surface area contributed by atoms with Crippen molar-refractivity contribution < 1.29 is 9.47 Å². The maximum atomic E-state index is 5.56. The van der Waals surface area contributed by atoms with Crippen LogP contribution in [-0.4, -0.2) is 14.2 Å². The van der Waals surface area contributed by atoms with Crippen molar-refractivity contribution in [2.24, 2.45) is 0 Å². The third-order valence-corrected chi connectivity index (χ3v) is 13.8. The summed E-state index contributed by atoms with van der Waals surface area (Å²) in [4.78, 5) is 4.68. The van der Waals surface area contributed by atoms with Gasteiger partial charge in [0.05, 0.1) is 19.6 Å². The summed E-state index contributed by atoms with van der Waals surface area (Å²) in [5.41, 5.74) is 18.9. The maximum absolute atomic E-state index is 5.56. The maximum Gasteiger partial charge on any atom is 0.119 e. The third kappa shape index (κ3) is 5.91. The minimum Gasteiger partial charge on any atom is -0.497 e. The highest BCUT2D eigenvalue weighted by molar-refractivity contribution is 6.10. The van der Waals surface area contributed by atoms with Crippen LogP contribution in [0.15, 0.2) is 206 Å². The molecule has 65 heavy (non-hydrogen) atoms. The molecule has 4 heteroatoms. The van der Waals surface area contributed by atoms with Crippen LogP contribution in [0.4, 0.5) is 34.1 Å². The fourth-order valence-corrected chi connectivity index (χ4v) is 10.8. The van der Waals surface area contributed by atoms with Gasteiger partial charge in [0.2, 0.25) is 0 Å². The molecule has 0 unspecified atom stereocenters. The molecule has 0 saturated heterocycles. The van der Waals surface area contributed by atoms with Crippen molar-refractivity contribution in [3.8, 4) is 33.8 Å². The van der Waals surface area contributed by atoms with Crippen molar-refractivity contribution in [2.75, 3.05) is 24.0 Å². The first kappa shape index (κ1) is 38.6. The molecule has 0 aromatic heterocycles. The van der Waals surface area contributed by atoms with Crippen LogP contribution >= 0.6 is 0 Å². The number of benzene rings is 10. The Morgan fingerprint density at radius 1 is 0.338 bits per heavy atom. The summed E-state index contributed by atoms with van der Waals surface area (Å²) in [7, 11) is 3.41. The highest BCUT2D eigenvalue weighted by atomic mass is 16.5. The average molecular weight is 839 g/mol. The Bertz CT molecular complexity index is 3330. The summed E-state index contributed by atoms with van der Waals surface area (Å²) in [6.07, 6.45) is 0. The number of ether oxygens (including phenoxy) is 2. The molecule has 4 nitrogen and oxygen atoms in total. The van der Waals surface area contributed by atoms with Crippen LogP contribution in [0.2, 0.25) is 0 Å². The molecule has 2 aliphatic rings. The summed E-state index contributed by atoms with van der Waals surface area (Å²) in [6.45, 7) is 4.29. The molecule has 1 spiro atoms. The molecular weight excluding hydrogens is 793 g/mol. The molecule has 0 atom stereocenters. The fourth-order valence-electron chi connectivity index (χ4n) is 10.8. The van der Waals surface area contributed by atoms with Crippen molar-refractivity contribution in [1.82, 2.24) is 0 Å². The number of methoxy groups -OCH3 is 2. The minimum absolute atomic E-state index is 0.556. The van der Waals surface area contributed by atoms with E-state index in [2.05, 4.69) is 206 Å². The molecule has 0 amide bonds. The van der Waals surface area contributed by atoms with E-state index in [4.69, 9.17) is 9.47 Å². The second kappa shape index (κ2) is 15.0. The van der Waals surface area contributed by atoms with Gasteiger partial charge in [0.15, 0.2) is 0 Å². The van der Waals surface area contributed by atoms with Gasteiger partial charge in [-0.3, -0.25) is 0 Å². The number of fused-ring (bicyclic) bond motifs is 14.